The molecule has 2 nitrogen and oxygen atoms in total. The fraction of sp³-hybridized carbons (Fsp3) is 0.667. The third-order valence-electron chi connectivity index (χ3n) is 5.57. The summed E-state index contributed by atoms with van der Waals surface area (Å²) in [6, 6.07) is 6.50. The quantitative estimate of drug-likeness (QED) is 0.850. The van der Waals surface area contributed by atoms with Gasteiger partial charge in [-0.05, 0) is 56.1 Å². The monoisotopic (exact) mass is 307 g/mol. The van der Waals surface area contributed by atoms with E-state index in [0.29, 0.717) is 11.5 Å². The molecule has 1 spiro atoms. The molecular formula is C18H26ClNO. The van der Waals surface area contributed by atoms with E-state index in [9.17, 15) is 0 Å². The molecule has 0 bridgehead atoms. The molecule has 0 heterocycles. The number of hydrogen-bond acceptors (Lipinski definition) is 2. The molecule has 1 aromatic carbocycles. The normalized spacial score (nSPS) is 21.8. The van der Waals surface area contributed by atoms with Crippen molar-refractivity contribution in [2.24, 2.45) is 5.41 Å². The van der Waals surface area contributed by atoms with Crippen molar-refractivity contribution in [2.75, 3.05) is 7.11 Å². The first-order valence-electron chi connectivity index (χ1n) is 8.27. The van der Waals surface area contributed by atoms with Crippen LogP contribution in [-0.2, 0) is 6.54 Å². The highest BCUT2D eigenvalue weighted by Gasteiger charge is 2.37. The Morgan fingerprint density at radius 3 is 2.57 bits per heavy atom. The second kappa shape index (κ2) is 6.58. The van der Waals surface area contributed by atoms with E-state index in [4.69, 9.17) is 16.3 Å². The molecule has 3 heteroatoms. The van der Waals surface area contributed by atoms with Crippen LogP contribution in [0.4, 0.5) is 0 Å². The Hall–Kier alpha value is -0.730. The average molecular weight is 308 g/mol. The number of benzene rings is 1. The number of hydrogen-bond donors (Lipinski definition) is 1. The largest absolute Gasteiger partial charge is 0.496 e. The fourth-order valence-electron chi connectivity index (χ4n) is 4.21. The van der Waals surface area contributed by atoms with E-state index in [1.165, 1.54) is 51.4 Å². The molecule has 3 rings (SSSR count). The average Bonchev–Trinajstić information content (AvgIpc) is 2.96. The fourth-order valence-corrected chi connectivity index (χ4v) is 4.44. The Balaban J connectivity index is 1.55. The van der Waals surface area contributed by atoms with E-state index < -0.39 is 0 Å². The standard InChI is InChI=1S/C18H26ClNO/c1-21-17-6-4-5-16(19)15(17)13-20-14-7-11-18(12-8-14)9-2-3-10-18/h4-6,14,20H,2-3,7-13H2,1H3. The molecule has 116 valence electrons. The summed E-state index contributed by atoms with van der Waals surface area (Å²) in [7, 11) is 1.71. The summed E-state index contributed by atoms with van der Waals surface area (Å²) in [5.74, 6) is 0.887. The Kier molecular flexibility index (Phi) is 4.75. The van der Waals surface area contributed by atoms with Gasteiger partial charge in [0.25, 0.3) is 0 Å². The van der Waals surface area contributed by atoms with Crippen LogP contribution in [-0.4, -0.2) is 13.2 Å². The second-order valence-corrected chi connectivity index (χ2v) is 7.19. The summed E-state index contributed by atoms with van der Waals surface area (Å²) in [4.78, 5) is 0. The summed E-state index contributed by atoms with van der Waals surface area (Å²) >= 11 is 6.30. The van der Waals surface area contributed by atoms with Crippen LogP contribution in [0, 0.1) is 5.41 Å². The van der Waals surface area contributed by atoms with E-state index in [-0.39, 0.29) is 0 Å². The van der Waals surface area contributed by atoms with Crippen LogP contribution in [0.1, 0.15) is 56.9 Å². The van der Waals surface area contributed by atoms with Crippen molar-refractivity contribution >= 4 is 11.6 Å². The maximum atomic E-state index is 6.30. The van der Waals surface area contributed by atoms with E-state index in [1.807, 2.05) is 18.2 Å². The van der Waals surface area contributed by atoms with Gasteiger partial charge in [-0.3, -0.25) is 0 Å². The zero-order chi connectivity index (χ0) is 14.7. The highest BCUT2D eigenvalue weighted by atomic mass is 35.5. The minimum Gasteiger partial charge on any atom is -0.496 e. The molecular weight excluding hydrogens is 282 g/mol. The van der Waals surface area contributed by atoms with Crippen molar-refractivity contribution < 1.29 is 4.74 Å². The summed E-state index contributed by atoms with van der Waals surface area (Å²) in [6.07, 6.45) is 11.3. The molecule has 0 atom stereocenters. The lowest BCUT2D eigenvalue weighted by molar-refractivity contribution is 0.168. The molecule has 0 amide bonds. The zero-order valence-corrected chi connectivity index (χ0v) is 13.7. The van der Waals surface area contributed by atoms with E-state index >= 15 is 0 Å². The number of rotatable bonds is 4. The van der Waals surface area contributed by atoms with Crippen LogP contribution >= 0.6 is 11.6 Å². The van der Waals surface area contributed by atoms with Gasteiger partial charge in [-0.1, -0.05) is 30.5 Å². The summed E-state index contributed by atoms with van der Waals surface area (Å²) < 4.78 is 5.42. The highest BCUT2D eigenvalue weighted by Crippen LogP contribution is 2.48. The van der Waals surface area contributed by atoms with Gasteiger partial charge in [0, 0.05) is 23.2 Å². The molecule has 0 saturated heterocycles. The van der Waals surface area contributed by atoms with Gasteiger partial charge in [0.2, 0.25) is 0 Å². The summed E-state index contributed by atoms with van der Waals surface area (Å²) in [5.41, 5.74) is 1.79. The molecule has 21 heavy (non-hydrogen) atoms. The third kappa shape index (κ3) is 3.37. The topological polar surface area (TPSA) is 21.3 Å². The second-order valence-electron chi connectivity index (χ2n) is 6.78. The smallest absolute Gasteiger partial charge is 0.124 e. The Labute approximate surface area is 133 Å². The predicted molar refractivity (Wildman–Crippen MR) is 88.0 cm³/mol. The Bertz CT molecular complexity index is 472. The van der Waals surface area contributed by atoms with E-state index in [1.54, 1.807) is 7.11 Å². The van der Waals surface area contributed by atoms with Gasteiger partial charge in [0.05, 0.1) is 7.11 Å². The minimum absolute atomic E-state index is 0.636. The molecule has 0 unspecified atom stereocenters. The van der Waals surface area contributed by atoms with Crippen molar-refractivity contribution in [3.63, 3.8) is 0 Å². The summed E-state index contributed by atoms with van der Waals surface area (Å²) in [5, 5.41) is 4.49. The molecule has 0 aromatic heterocycles. The number of nitrogens with one attached hydrogen (secondary N) is 1. The van der Waals surface area contributed by atoms with Crippen LogP contribution in [0.3, 0.4) is 0 Å². The lowest BCUT2D eigenvalue weighted by Gasteiger charge is -2.37. The van der Waals surface area contributed by atoms with Crippen molar-refractivity contribution in [1.82, 2.24) is 5.32 Å². The van der Waals surface area contributed by atoms with Crippen molar-refractivity contribution in [1.29, 1.82) is 0 Å². The van der Waals surface area contributed by atoms with Gasteiger partial charge in [-0.2, -0.15) is 0 Å². The predicted octanol–water partition coefficient (Wildman–Crippen LogP) is 4.94. The maximum Gasteiger partial charge on any atom is 0.124 e. The van der Waals surface area contributed by atoms with Gasteiger partial charge in [0.15, 0.2) is 0 Å². The van der Waals surface area contributed by atoms with Crippen molar-refractivity contribution in [3.8, 4) is 5.75 Å². The Morgan fingerprint density at radius 2 is 1.90 bits per heavy atom. The number of halogens is 1. The molecule has 0 radical (unpaired) electrons. The van der Waals surface area contributed by atoms with Gasteiger partial charge >= 0.3 is 0 Å². The van der Waals surface area contributed by atoms with Gasteiger partial charge in [0.1, 0.15) is 5.75 Å². The minimum atomic E-state index is 0.636. The number of ether oxygens (including phenoxy) is 1. The van der Waals surface area contributed by atoms with Gasteiger partial charge in [-0.25, -0.2) is 0 Å². The van der Waals surface area contributed by atoms with Crippen molar-refractivity contribution in [2.45, 2.75) is 64.0 Å². The molecule has 1 N–H and O–H groups in total. The maximum absolute atomic E-state index is 6.30. The van der Waals surface area contributed by atoms with Crippen LogP contribution in [0.25, 0.3) is 0 Å². The lowest BCUT2D eigenvalue weighted by atomic mass is 9.71. The zero-order valence-electron chi connectivity index (χ0n) is 13.0. The summed E-state index contributed by atoms with van der Waals surface area (Å²) in [6.45, 7) is 0.806. The van der Waals surface area contributed by atoms with Crippen molar-refractivity contribution in [3.05, 3.63) is 28.8 Å². The SMILES string of the molecule is COc1cccc(Cl)c1CNC1CCC2(CCCC2)CC1. The van der Waals surface area contributed by atoms with Crippen LogP contribution in [0.5, 0.6) is 5.75 Å². The molecule has 2 fully saturated rings. The Morgan fingerprint density at radius 1 is 1.19 bits per heavy atom. The lowest BCUT2D eigenvalue weighted by Crippen LogP contribution is -2.36. The highest BCUT2D eigenvalue weighted by molar-refractivity contribution is 6.31. The van der Waals surface area contributed by atoms with E-state index in [2.05, 4.69) is 5.32 Å². The van der Waals surface area contributed by atoms with Crippen LogP contribution in [0.2, 0.25) is 5.02 Å². The third-order valence-corrected chi connectivity index (χ3v) is 5.93. The van der Waals surface area contributed by atoms with Gasteiger partial charge < -0.3 is 10.1 Å². The molecule has 1 aromatic rings. The molecule has 0 aliphatic heterocycles. The van der Waals surface area contributed by atoms with E-state index in [0.717, 1.165) is 22.9 Å². The van der Waals surface area contributed by atoms with Gasteiger partial charge in [-0.15, -0.1) is 0 Å². The first kappa shape index (κ1) is 15.2. The molecule has 2 aliphatic rings. The van der Waals surface area contributed by atoms with Crippen LogP contribution < -0.4 is 10.1 Å². The number of methoxy groups -OCH3 is 1. The first-order chi connectivity index (χ1) is 10.2. The van der Waals surface area contributed by atoms with Crippen LogP contribution in [0.15, 0.2) is 18.2 Å². The first-order valence-corrected chi connectivity index (χ1v) is 8.65. The molecule has 2 saturated carbocycles. The molecule has 2 aliphatic carbocycles.